The Balaban J connectivity index is 2.77. The van der Waals surface area contributed by atoms with E-state index in [0.717, 1.165) is 12.1 Å². The van der Waals surface area contributed by atoms with E-state index in [0.29, 0.717) is 6.54 Å². The van der Waals surface area contributed by atoms with Gasteiger partial charge in [-0.2, -0.15) is 0 Å². The largest absolute Gasteiger partial charge is 0.459 e. The maximum Gasteiger partial charge on any atom is 0.301 e. The molecule has 0 unspecified atom stereocenters. The highest BCUT2D eigenvalue weighted by Gasteiger charge is 2.14. The van der Waals surface area contributed by atoms with Crippen molar-refractivity contribution in [3.05, 3.63) is 23.7 Å². The summed E-state index contributed by atoms with van der Waals surface area (Å²) in [6.07, 6.45) is 1.49. The van der Waals surface area contributed by atoms with Crippen molar-refractivity contribution in [2.24, 2.45) is 5.84 Å². The molecule has 1 aromatic rings. The summed E-state index contributed by atoms with van der Waals surface area (Å²) in [5, 5.41) is 0. The fourth-order valence-electron chi connectivity index (χ4n) is 1.13. The molecule has 0 saturated heterocycles. The maximum atomic E-state index is 11.2. The van der Waals surface area contributed by atoms with E-state index >= 15 is 0 Å². The molecule has 0 radical (unpaired) electrons. The summed E-state index contributed by atoms with van der Waals surface area (Å²) in [5.74, 6) is 4.91. The number of nitrogens with two attached hydrogens (primary N) is 1. The van der Waals surface area contributed by atoms with E-state index < -0.39 is 5.91 Å². The van der Waals surface area contributed by atoms with Crippen LogP contribution in [-0.2, 0) is 6.54 Å². The number of nitrogens with one attached hydrogen (secondary N) is 1. The monoisotopic (exact) mass is 197 g/mol. The Labute approximate surface area is 82.8 Å². The smallest absolute Gasteiger partial charge is 0.301 e. The fourth-order valence-corrected chi connectivity index (χ4v) is 1.13. The molecule has 0 saturated carbocycles. The molecule has 0 aliphatic heterocycles. The Kier molecular flexibility index (Phi) is 3.67. The molecule has 78 valence electrons. The number of furan rings is 1. The standard InChI is InChI=1S/C9H15N3O2/c1-3-12(2)6-7-4-5-14-8(7)9(13)11-10/h4-5H,3,6,10H2,1-2H3,(H,11,13). The first kappa shape index (κ1) is 10.7. The molecular formula is C9H15N3O2. The second-order valence-electron chi connectivity index (χ2n) is 3.08. The quantitative estimate of drug-likeness (QED) is 0.414. The lowest BCUT2D eigenvalue weighted by molar-refractivity contribution is 0.0923. The van der Waals surface area contributed by atoms with Gasteiger partial charge in [0.2, 0.25) is 0 Å². The van der Waals surface area contributed by atoms with Crippen molar-refractivity contribution >= 4 is 5.91 Å². The van der Waals surface area contributed by atoms with E-state index in [1.54, 1.807) is 6.07 Å². The first-order chi connectivity index (χ1) is 6.69. The minimum atomic E-state index is -0.394. The summed E-state index contributed by atoms with van der Waals surface area (Å²) in [5.41, 5.74) is 2.89. The molecule has 0 aromatic carbocycles. The lowest BCUT2D eigenvalue weighted by Gasteiger charge is -2.12. The lowest BCUT2D eigenvalue weighted by Crippen LogP contribution is -2.31. The first-order valence-electron chi connectivity index (χ1n) is 4.44. The number of amides is 1. The Morgan fingerprint density at radius 3 is 3.00 bits per heavy atom. The molecule has 0 bridgehead atoms. The van der Waals surface area contributed by atoms with Gasteiger partial charge in [0.05, 0.1) is 6.26 Å². The number of hydrazine groups is 1. The van der Waals surface area contributed by atoms with Gasteiger partial charge in [0.1, 0.15) is 0 Å². The van der Waals surface area contributed by atoms with Crippen LogP contribution < -0.4 is 11.3 Å². The number of hydrogen-bond donors (Lipinski definition) is 2. The van der Waals surface area contributed by atoms with Gasteiger partial charge in [-0.3, -0.25) is 10.2 Å². The van der Waals surface area contributed by atoms with Gasteiger partial charge in [0, 0.05) is 12.1 Å². The van der Waals surface area contributed by atoms with E-state index in [1.165, 1.54) is 6.26 Å². The van der Waals surface area contributed by atoms with Gasteiger partial charge in [-0.1, -0.05) is 6.92 Å². The Bertz CT molecular complexity index is 309. The van der Waals surface area contributed by atoms with Crippen molar-refractivity contribution in [2.75, 3.05) is 13.6 Å². The van der Waals surface area contributed by atoms with Crippen LogP contribution in [0.15, 0.2) is 16.7 Å². The van der Waals surface area contributed by atoms with Gasteiger partial charge in [0.25, 0.3) is 0 Å². The molecule has 1 aromatic heterocycles. The minimum Gasteiger partial charge on any atom is -0.459 e. The second-order valence-corrected chi connectivity index (χ2v) is 3.08. The average molecular weight is 197 g/mol. The molecule has 0 aliphatic rings. The van der Waals surface area contributed by atoms with Crippen molar-refractivity contribution in [2.45, 2.75) is 13.5 Å². The second kappa shape index (κ2) is 4.78. The van der Waals surface area contributed by atoms with Gasteiger partial charge < -0.3 is 9.32 Å². The Morgan fingerprint density at radius 2 is 2.43 bits per heavy atom. The number of hydrogen-bond acceptors (Lipinski definition) is 4. The molecule has 1 rings (SSSR count). The summed E-state index contributed by atoms with van der Waals surface area (Å²) in [6.45, 7) is 3.63. The number of nitrogen functional groups attached to an aromatic ring is 1. The molecule has 1 amide bonds. The highest BCUT2D eigenvalue weighted by molar-refractivity contribution is 5.92. The van der Waals surface area contributed by atoms with Crippen molar-refractivity contribution < 1.29 is 9.21 Å². The first-order valence-corrected chi connectivity index (χ1v) is 4.44. The van der Waals surface area contributed by atoms with Crippen molar-refractivity contribution in [3.63, 3.8) is 0 Å². The zero-order valence-electron chi connectivity index (χ0n) is 8.41. The van der Waals surface area contributed by atoms with Gasteiger partial charge in [-0.15, -0.1) is 0 Å². The summed E-state index contributed by atoms with van der Waals surface area (Å²) >= 11 is 0. The SMILES string of the molecule is CCN(C)Cc1ccoc1C(=O)NN. The van der Waals surface area contributed by atoms with E-state index in [2.05, 4.69) is 4.90 Å². The van der Waals surface area contributed by atoms with Crippen LogP contribution in [0.1, 0.15) is 23.0 Å². The Morgan fingerprint density at radius 1 is 1.71 bits per heavy atom. The summed E-state index contributed by atoms with van der Waals surface area (Å²) in [7, 11) is 1.97. The average Bonchev–Trinajstić information content (AvgIpc) is 2.64. The van der Waals surface area contributed by atoms with Crippen LogP contribution in [0, 0.1) is 0 Å². The van der Waals surface area contributed by atoms with Crippen LogP contribution in [0.3, 0.4) is 0 Å². The number of rotatable bonds is 4. The van der Waals surface area contributed by atoms with Crippen LogP contribution in [0.4, 0.5) is 0 Å². The molecule has 3 N–H and O–H groups in total. The fraction of sp³-hybridized carbons (Fsp3) is 0.444. The Hall–Kier alpha value is -1.33. The molecular weight excluding hydrogens is 182 g/mol. The highest BCUT2D eigenvalue weighted by atomic mass is 16.3. The predicted octanol–water partition coefficient (Wildman–Crippen LogP) is 0.335. The van der Waals surface area contributed by atoms with Gasteiger partial charge in [-0.25, -0.2) is 5.84 Å². The molecule has 5 nitrogen and oxygen atoms in total. The van der Waals surface area contributed by atoms with E-state index in [9.17, 15) is 4.79 Å². The summed E-state index contributed by atoms with van der Waals surface area (Å²) in [4.78, 5) is 13.3. The van der Waals surface area contributed by atoms with E-state index in [-0.39, 0.29) is 5.76 Å². The molecule has 5 heteroatoms. The summed E-state index contributed by atoms with van der Waals surface area (Å²) < 4.78 is 5.04. The minimum absolute atomic E-state index is 0.285. The van der Waals surface area contributed by atoms with Crippen molar-refractivity contribution in [3.8, 4) is 0 Å². The van der Waals surface area contributed by atoms with Crippen LogP contribution in [-0.4, -0.2) is 24.4 Å². The van der Waals surface area contributed by atoms with Gasteiger partial charge >= 0.3 is 5.91 Å². The zero-order chi connectivity index (χ0) is 10.6. The van der Waals surface area contributed by atoms with E-state index in [4.69, 9.17) is 10.3 Å². The number of nitrogens with zero attached hydrogens (tertiary/aromatic N) is 1. The molecule has 14 heavy (non-hydrogen) atoms. The predicted molar refractivity (Wildman–Crippen MR) is 52.4 cm³/mol. The van der Waals surface area contributed by atoms with Gasteiger partial charge in [0.15, 0.2) is 5.76 Å². The highest BCUT2D eigenvalue weighted by Crippen LogP contribution is 2.12. The topological polar surface area (TPSA) is 71.5 Å². The third-order valence-corrected chi connectivity index (χ3v) is 2.06. The van der Waals surface area contributed by atoms with Gasteiger partial charge in [-0.05, 0) is 19.7 Å². The summed E-state index contributed by atoms with van der Waals surface area (Å²) in [6, 6.07) is 1.77. The molecule has 1 heterocycles. The molecule has 0 spiro atoms. The van der Waals surface area contributed by atoms with Crippen LogP contribution in [0.25, 0.3) is 0 Å². The molecule has 0 atom stereocenters. The number of carbonyl (C=O) groups excluding carboxylic acids is 1. The van der Waals surface area contributed by atoms with Crippen LogP contribution >= 0.6 is 0 Å². The van der Waals surface area contributed by atoms with Crippen molar-refractivity contribution in [1.29, 1.82) is 0 Å². The third-order valence-electron chi connectivity index (χ3n) is 2.06. The molecule has 0 aliphatic carbocycles. The molecule has 0 fully saturated rings. The third kappa shape index (κ3) is 2.34. The lowest BCUT2D eigenvalue weighted by atomic mass is 10.2. The van der Waals surface area contributed by atoms with Crippen LogP contribution in [0.5, 0.6) is 0 Å². The van der Waals surface area contributed by atoms with Crippen LogP contribution in [0.2, 0.25) is 0 Å². The zero-order valence-corrected chi connectivity index (χ0v) is 8.41. The van der Waals surface area contributed by atoms with E-state index in [1.807, 2.05) is 19.4 Å². The number of carbonyl (C=O) groups is 1. The van der Waals surface area contributed by atoms with Crippen molar-refractivity contribution in [1.82, 2.24) is 10.3 Å². The normalized spacial score (nSPS) is 10.6. The maximum absolute atomic E-state index is 11.2.